The lowest BCUT2D eigenvalue weighted by Gasteiger charge is -2.34. The molecular weight excluding hydrogens is 278 g/mol. The number of thioether (sulfide) groups is 1. The van der Waals surface area contributed by atoms with Crippen molar-refractivity contribution in [2.45, 2.75) is 63.0 Å². The van der Waals surface area contributed by atoms with Crippen molar-refractivity contribution in [3.05, 3.63) is 0 Å². The molecule has 5 heteroatoms. The van der Waals surface area contributed by atoms with Gasteiger partial charge >= 0.3 is 0 Å². The second-order valence-corrected chi connectivity index (χ2v) is 9.86. The van der Waals surface area contributed by atoms with E-state index < -0.39 is 9.84 Å². The standard InChI is InChI=1S/C14H29NO2S2/c1-5-15-14(10-18-11(2)3)12-7-6-8-13(9-12)19(4,16)17/h11-15H,5-10H2,1-4H3. The van der Waals surface area contributed by atoms with Crippen molar-refractivity contribution in [1.82, 2.24) is 5.32 Å². The van der Waals surface area contributed by atoms with Crippen molar-refractivity contribution in [3.8, 4) is 0 Å². The molecule has 0 bridgehead atoms. The minimum absolute atomic E-state index is 0.114. The average Bonchev–Trinajstić information content (AvgIpc) is 2.33. The Morgan fingerprint density at radius 2 is 2.00 bits per heavy atom. The molecule has 1 aliphatic carbocycles. The van der Waals surface area contributed by atoms with Gasteiger partial charge in [-0.3, -0.25) is 0 Å². The molecule has 0 amide bonds. The monoisotopic (exact) mass is 307 g/mol. The molecule has 3 nitrogen and oxygen atoms in total. The quantitative estimate of drug-likeness (QED) is 0.785. The molecule has 0 saturated heterocycles. The third-order valence-electron chi connectivity index (χ3n) is 3.92. The highest BCUT2D eigenvalue weighted by Crippen LogP contribution is 2.32. The molecule has 3 unspecified atom stereocenters. The Morgan fingerprint density at radius 1 is 1.32 bits per heavy atom. The summed E-state index contributed by atoms with van der Waals surface area (Å²) in [6, 6.07) is 0.460. The van der Waals surface area contributed by atoms with Crippen LogP contribution in [0.4, 0.5) is 0 Å². The summed E-state index contributed by atoms with van der Waals surface area (Å²) in [5.41, 5.74) is 0. The summed E-state index contributed by atoms with van der Waals surface area (Å²) in [6.45, 7) is 7.52. The maximum absolute atomic E-state index is 11.8. The molecule has 0 aromatic carbocycles. The van der Waals surface area contributed by atoms with E-state index in [1.165, 1.54) is 12.7 Å². The van der Waals surface area contributed by atoms with Crippen molar-refractivity contribution in [2.75, 3.05) is 18.6 Å². The summed E-state index contributed by atoms with van der Waals surface area (Å²) >= 11 is 1.97. The summed E-state index contributed by atoms with van der Waals surface area (Å²) in [5.74, 6) is 1.60. The van der Waals surface area contributed by atoms with E-state index in [1.807, 2.05) is 11.8 Å². The van der Waals surface area contributed by atoms with Gasteiger partial charge in [0, 0.05) is 18.1 Å². The highest BCUT2D eigenvalue weighted by molar-refractivity contribution is 7.99. The van der Waals surface area contributed by atoms with Crippen molar-refractivity contribution < 1.29 is 8.42 Å². The first-order valence-corrected chi connectivity index (χ1v) is 10.4. The lowest BCUT2D eigenvalue weighted by molar-refractivity contribution is 0.288. The second kappa shape index (κ2) is 7.89. The zero-order valence-electron chi connectivity index (χ0n) is 12.7. The van der Waals surface area contributed by atoms with Crippen molar-refractivity contribution in [2.24, 2.45) is 5.92 Å². The summed E-state index contributed by atoms with van der Waals surface area (Å²) in [6.07, 6.45) is 5.31. The van der Waals surface area contributed by atoms with Gasteiger partial charge in [-0.15, -0.1) is 0 Å². The Hall–Kier alpha value is 0.260. The molecule has 1 N–H and O–H groups in total. The van der Waals surface area contributed by atoms with E-state index in [-0.39, 0.29) is 5.25 Å². The minimum Gasteiger partial charge on any atom is -0.313 e. The number of rotatable bonds is 7. The van der Waals surface area contributed by atoms with E-state index in [1.54, 1.807) is 0 Å². The molecule has 0 heterocycles. The van der Waals surface area contributed by atoms with E-state index in [0.717, 1.165) is 31.6 Å². The van der Waals surface area contributed by atoms with Gasteiger partial charge in [-0.1, -0.05) is 27.2 Å². The van der Waals surface area contributed by atoms with Crippen LogP contribution in [0.3, 0.4) is 0 Å². The predicted molar refractivity (Wildman–Crippen MR) is 85.6 cm³/mol. The third kappa shape index (κ3) is 6.05. The van der Waals surface area contributed by atoms with Crippen molar-refractivity contribution >= 4 is 21.6 Å². The Morgan fingerprint density at radius 3 is 2.53 bits per heavy atom. The summed E-state index contributed by atoms with van der Waals surface area (Å²) < 4.78 is 23.5. The van der Waals surface area contributed by atoms with Crippen LogP contribution in [0.2, 0.25) is 0 Å². The maximum Gasteiger partial charge on any atom is 0.150 e. The van der Waals surface area contributed by atoms with Crippen LogP contribution in [-0.2, 0) is 9.84 Å². The molecule has 0 radical (unpaired) electrons. The van der Waals surface area contributed by atoms with Crippen LogP contribution in [0.1, 0.15) is 46.5 Å². The second-order valence-electron chi connectivity index (χ2n) is 5.92. The molecule has 1 saturated carbocycles. The predicted octanol–water partition coefficient (Wildman–Crippen LogP) is 2.71. The lowest BCUT2D eigenvalue weighted by atomic mass is 9.84. The molecule has 3 atom stereocenters. The van der Waals surface area contributed by atoms with Crippen LogP contribution in [-0.4, -0.2) is 43.5 Å². The zero-order chi connectivity index (χ0) is 14.5. The van der Waals surface area contributed by atoms with Crippen LogP contribution in [0, 0.1) is 5.92 Å². The number of sulfone groups is 1. The number of hydrogen-bond acceptors (Lipinski definition) is 4. The van der Waals surface area contributed by atoms with Gasteiger partial charge in [-0.05, 0) is 37.0 Å². The normalized spacial score (nSPS) is 26.6. The van der Waals surface area contributed by atoms with Gasteiger partial charge in [0.15, 0.2) is 0 Å². The van der Waals surface area contributed by atoms with Gasteiger partial charge < -0.3 is 5.32 Å². The largest absolute Gasteiger partial charge is 0.313 e. The fourth-order valence-electron chi connectivity index (χ4n) is 2.86. The van der Waals surface area contributed by atoms with E-state index in [0.29, 0.717) is 17.2 Å². The molecule has 0 aromatic heterocycles. The third-order valence-corrected chi connectivity index (χ3v) is 6.77. The molecule has 1 aliphatic rings. The minimum atomic E-state index is -2.87. The maximum atomic E-state index is 11.8. The van der Waals surface area contributed by atoms with Gasteiger partial charge in [0.2, 0.25) is 0 Å². The summed E-state index contributed by atoms with van der Waals surface area (Å²) in [4.78, 5) is 0. The first-order chi connectivity index (χ1) is 8.84. The van der Waals surface area contributed by atoms with Crippen molar-refractivity contribution in [3.63, 3.8) is 0 Å². The number of hydrogen-bond donors (Lipinski definition) is 1. The van der Waals surface area contributed by atoms with E-state index in [2.05, 4.69) is 26.1 Å². The van der Waals surface area contributed by atoms with Crippen LogP contribution in [0.15, 0.2) is 0 Å². The Labute approximate surface area is 123 Å². The molecule has 0 aliphatic heterocycles. The first-order valence-electron chi connectivity index (χ1n) is 7.38. The lowest BCUT2D eigenvalue weighted by Crippen LogP contribution is -2.42. The first kappa shape index (κ1) is 17.3. The Balaban J connectivity index is 2.62. The van der Waals surface area contributed by atoms with E-state index >= 15 is 0 Å². The highest BCUT2D eigenvalue weighted by atomic mass is 32.2. The van der Waals surface area contributed by atoms with Crippen LogP contribution in [0.5, 0.6) is 0 Å². The molecule has 1 fully saturated rings. The van der Waals surface area contributed by atoms with Gasteiger partial charge in [0.25, 0.3) is 0 Å². The smallest absolute Gasteiger partial charge is 0.150 e. The van der Waals surface area contributed by atoms with Crippen LogP contribution in [0.25, 0.3) is 0 Å². The molecule has 0 spiro atoms. The molecule has 0 aromatic rings. The van der Waals surface area contributed by atoms with E-state index in [9.17, 15) is 8.42 Å². The Kier molecular flexibility index (Phi) is 7.19. The molecule has 1 rings (SSSR count). The average molecular weight is 308 g/mol. The summed E-state index contributed by atoms with van der Waals surface area (Å²) in [7, 11) is -2.87. The van der Waals surface area contributed by atoms with Gasteiger partial charge in [0.1, 0.15) is 9.84 Å². The van der Waals surface area contributed by atoms with Crippen molar-refractivity contribution in [1.29, 1.82) is 0 Å². The zero-order valence-corrected chi connectivity index (χ0v) is 14.3. The van der Waals surface area contributed by atoms with Gasteiger partial charge in [-0.25, -0.2) is 8.42 Å². The fraction of sp³-hybridized carbons (Fsp3) is 1.00. The summed E-state index contributed by atoms with van der Waals surface area (Å²) in [5, 5.41) is 4.08. The van der Waals surface area contributed by atoms with Crippen LogP contribution < -0.4 is 5.32 Å². The highest BCUT2D eigenvalue weighted by Gasteiger charge is 2.32. The fourth-order valence-corrected chi connectivity index (χ4v) is 5.03. The van der Waals surface area contributed by atoms with Crippen LogP contribution >= 0.6 is 11.8 Å². The molecule has 114 valence electrons. The molecular formula is C14H29NO2S2. The van der Waals surface area contributed by atoms with Gasteiger partial charge in [0.05, 0.1) is 5.25 Å². The topological polar surface area (TPSA) is 46.2 Å². The molecule has 19 heavy (non-hydrogen) atoms. The Bertz CT molecular complexity index is 354. The van der Waals surface area contributed by atoms with Gasteiger partial charge in [-0.2, -0.15) is 11.8 Å². The number of nitrogens with one attached hydrogen (secondary N) is 1. The SMILES string of the molecule is CCNC(CSC(C)C)C1CCCC(S(C)(=O)=O)C1. The van der Waals surface area contributed by atoms with E-state index in [4.69, 9.17) is 0 Å².